The summed E-state index contributed by atoms with van der Waals surface area (Å²) in [5.74, 6) is 0.654. The van der Waals surface area contributed by atoms with Gasteiger partial charge in [-0.2, -0.15) is 5.10 Å². The Labute approximate surface area is 193 Å². The Hall–Kier alpha value is -3.39. The van der Waals surface area contributed by atoms with E-state index in [0.717, 1.165) is 11.3 Å². The first-order valence-electron chi connectivity index (χ1n) is 10.8. The number of carbonyl (C=O) groups excluding carboxylic acids is 1. The summed E-state index contributed by atoms with van der Waals surface area (Å²) in [6.45, 7) is 6.77. The van der Waals surface area contributed by atoms with Crippen molar-refractivity contribution >= 4 is 5.91 Å². The standard InChI is InChI=1S/C25H30FN3O4/c1-16(2)24-21(15-27-29(24)20-9-7-19(26)8-10-20)25(30)28-17(3)18-6-11-22(23(14-18)32-5)33-13-12-31-4/h6-11,14-17H,12-13H2,1-5H3,(H,28,30). The zero-order valence-corrected chi connectivity index (χ0v) is 19.6. The summed E-state index contributed by atoms with van der Waals surface area (Å²) in [7, 11) is 3.19. The molecule has 176 valence electrons. The molecule has 0 saturated heterocycles. The first-order chi connectivity index (χ1) is 15.8. The van der Waals surface area contributed by atoms with Gasteiger partial charge in [0.2, 0.25) is 0 Å². The van der Waals surface area contributed by atoms with E-state index in [0.29, 0.717) is 36.0 Å². The molecule has 0 aliphatic carbocycles. The summed E-state index contributed by atoms with van der Waals surface area (Å²) < 4.78 is 31.2. The number of halogens is 1. The molecule has 3 aromatic rings. The molecule has 0 radical (unpaired) electrons. The van der Waals surface area contributed by atoms with Crippen molar-refractivity contribution < 1.29 is 23.4 Å². The molecule has 7 nitrogen and oxygen atoms in total. The van der Waals surface area contributed by atoms with Crippen molar-refractivity contribution in [2.45, 2.75) is 32.7 Å². The predicted octanol–water partition coefficient (Wildman–Crippen LogP) is 4.66. The van der Waals surface area contributed by atoms with Crippen LogP contribution in [0.4, 0.5) is 4.39 Å². The third-order valence-electron chi connectivity index (χ3n) is 5.25. The Bertz CT molecular complexity index is 1080. The number of nitrogens with zero attached hydrogens (tertiary/aromatic N) is 2. The monoisotopic (exact) mass is 455 g/mol. The van der Waals surface area contributed by atoms with E-state index in [4.69, 9.17) is 14.2 Å². The molecule has 0 fully saturated rings. The van der Waals surface area contributed by atoms with Gasteiger partial charge in [-0.15, -0.1) is 0 Å². The van der Waals surface area contributed by atoms with Gasteiger partial charge in [-0.05, 0) is 54.8 Å². The van der Waals surface area contributed by atoms with Gasteiger partial charge in [0.25, 0.3) is 5.91 Å². The Morgan fingerprint density at radius 1 is 1.06 bits per heavy atom. The molecule has 33 heavy (non-hydrogen) atoms. The van der Waals surface area contributed by atoms with E-state index in [1.807, 2.05) is 39.0 Å². The Kier molecular flexibility index (Phi) is 8.06. The minimum absolute atomic E-state index is 0.0252. The molecular weight excluding hydrogens is 425 g/mol. The lowest BCUT2D eigenvalue weighted by Crippen LogP contribution is -2.27. The third kappa shape index (κ3) is 5.70. The minimum atomic E-state index is -0.325. The van der Waals surface area contributed by atoms with Crippen molar-refractivity contribution in [3.63, 3.8) is 0 Å². The van der Waals surface area contributed by atoms with Crippen LogP contribution in [0, 0.1) is 5.82 Å². The zero-order valence-electron chi connectivity index (χ0n) is 19.6. The molecule has 1 atom stereocenters. The topological polar surface area (TPSA) is 74.6 Å². The quantitative estimate of drug-likeness (QED) is 0.450. The summed E-state index contributed by atoms with van der Waals surface area (Å²) in [4.78, 5) is 13.2. The molecular formula is C25H30FN3O4. The normalized spacial score (nSPS) is 12.0. The van der Waals surface area contributed by atoms with Gasteiger partial charge in [0, 0.05) is 7.11 Å². The number of amides is 1. The number of methoxy groups -OCH3 is 2. The number of hydrogen-bond donors (Lipinski definition) is 1. The zero-order chi connectivity index (χ0) is 24.0. The Balaban J connectivity index is 1.80. The highest BCUT2D eigenvalue weighted by atomic mass is 19.1. The number of carbonyl (C=O) groups is 1. The molecule has 1 N–H and O–H groups in total. The van der Waals surface area contributed by atoms with Crippen molar-refractivity contribution in [1.82, 2.24) is 15.1 Å². The van der Waals surface area contributed by atoms with Crippen LogP contribution < -0.4 is 14.8 Å². The molecule has 1 aromatic heterocycles. The first kappa shape index (κ1) is 24.3. The molecule has 8 heteroatoms. The van der Waals surface area contributed by atoms with Crippen LogP contribution in [0.3, 0.4) is 0 Å². The van der Waals surface area contributed by atoms with E-state index in [9.17, 15) is 9.18 Å². The van der Waals surface area contributed by atoms with Gasteiger partial charge >= 0.3 is 0 Å². The Morgan fingerprint density at radius 2 is 1.79 bits per heavy atom. The fraction of sp³-hybridized carbons (Fsp3) is 0.360. The van der Waals surface area contributed by atoms with Crippen LogP contribution in [0.2, 0.25) is 0 Å². The second kappa shape index (κ2) is 11.0. The van der Waals surface area contributed by atoms with E-state index in [2.05, 4.69) is 10.4 Å². The fourth-order valence-electron chi connectivity index (χ4n) is 3.54. The molecule has 1 amide bonds. The van der Waals surface area contributed by atoms with E-state index in [1.165, 1.54) is 12.1 Å². The first-order valence-corrected chi connectivity index (χ1v) is 10.8. The van der Waals surface area contributed by atoms with Gasteiger partial charge in [0.1, 0.15) is 12.4 Å². The third-order valence-corrected chi connectivity index (χ3v) is 5.25. The van der Waals surface area contributed by atoms with Crippen molar-refractivity contribution in [2.75, 3.05) is 27.4 Å². The molecule has 1 heterocycles. The van der Waals surface area contributed by atoms with Crippen LogP contribution in [0.15, 0.2) is 48.7 Å². The van der Waals surface area contributed by atoms with E-state index >= 15 is 0 Å². The summed E-state index contributed by atoms with van der Waals surface area (Å²) in [5.41, 5.74) is 2.80. The summed E-state index contributed by atoms with van der Waals surface area (Å²) >= 11 is 0. The van der Waals surface area contributed by atoms with Crippen molar-refractivity contribution in [3.8, 4) is 17.2 Å². The molecule has 0 saturated carbocycles. The van der Waals surface area contributed by atoms with Crippen molar-refractivity contribution in [2.24, 2.45) is 0 Å². The lowest BCUT2D eigenvalue weighted by molar-refractivity contribution is 0.0938. The van der Waals surface area contributed by atoms with Gasteiger partial charge in [0.05, 0.1) is 42.9 Å². The average molecular weight is 456 g/mol. The number of nitrogens with one attached hydrogen (secondary N) is 1. The van der Waals surface area contributed by atoms with Gasteiger partial charge < -0.3 is 19.5 Å². The summed E-state index contributed by atoms with van der Waals surface area (Å²) in [5, 5.41) is 7.44. The minimum Gasteiger partial charge on any atom is -0.493 e. The molecule has 1 unspecified atom stereocenters. The SMILES string of the molecule is COCCOc1ccc(C(C)NC(=O)c2cnn(-c3ccc(F)cc3)c2C(C)C)cc1OC. The van der Waals surface area contributed by atoms with Crippen LogP contribution in [-0.2, 0) is 4.74 Å². The molecule has 0 spiro atoms. The van der Waals surface area contributed by atoms with E-state index in [-0.39, 0.29) is 23.7 Å². The number of hydrogen-bond acceptors (Lipinski definition) is 5. The van der Waals surface area contributed by atoms with Crippen molar-refractivity contribution in [1.29, 1.82) is 0 Å². The van der Waals surface area contributed by atoms with Crippen LogP contribution in [0.5, 0.6) is 11.5 Å². The van der Waals surface area contributed by atoms with E-state index < -0.39 is 0 Å². The predicted molar refractivity (Wildman–Crippen MR) is 124 cm³/mol. The number of benzene rings is 2. The summed E-state index contributed by atoms with van der Waals surface area (Å²) in [6.07, 6.45) is 1.55. The largest absolute Gasteiger partial charge is 0.493 e. The Morgan fingerprint density at radius 3 is 2.42 bits per heavy atom. The van der Waals surface area contributed by atoms with Crippen LogP contribution in [-0.4, -0.2) is 43.1 Å². The van der Waals surface area contributed by atoms with Crippen LogP contribution in [0.25, 0.3) is 5.69 Å². The number of ether oxygens (including phenoxy) is 3. The van der Waals surface area contributed by atoms with Crippen LogP contribution in [0.1, 0.15) is 54.3 Å². The van der Waals surface area contributed by atoms with Gasteiger partial charge in [-0.3, -0.25) is 4.79 Å². The van der Waals surface area contributed by atoms with Crippen molar-refractivity contribution in [3.05, 3.63) is 71.3 Å². The highest BCUT2D eigenvalue weighted by Crippen LogP contribution is 2.31. The molecule has 0 aliphatic heterocycles. The lowest BCUT2D eigenvalue weighted by atomic mass is 10.0. The number of rotatable bonds is 10. The second-order valence-electron chi connectivity index (χ2n) is 7.93. The molecule has 0 bridgehead atoms. The molecule has 3 rings (SSSR count). The van der Waals surface area contributed by atoms with Crippen LogP contribution >= 0.6 is 0 Å². The fourth-order valence-corrected chi connectivity index (χ4v) is 3.54. The van der Waals surface area contributed by atoms with E-state index in [1.54, 1.807) is 37.2 Å². The summed E-state index contributed by atoms with van der Waals surface area (Å²) in [6, 6.07) is 11.3. The molecule has 2 aromatic carbocycles. The maximum atomic E-state index is 13.3. The number of aromatic nitrogens is 2. The molecule has 0 aliphatic rings. The highest BCUT2D eigenvalue weighted by molar-refractivity contribution is 5.95. The maximum absolute atomic E-state index is 13.3. The highest BCUT2D eigenvalue weighted by Gasteiger charge is 2.23. The average Bonchev–Trinajstić information content (AvgIpc) is 3.25. The maximum Gasteiger partial charge on any atom is 0.255 e. The van der Waals surface area contributed by atoms with Gasteiger partial charge in [-0.1, -0.05) is 19.9 Å². The van der Waals surface area contributed by atoms with Gasteiger partial charge in [0.15, 0.2) is 11.5 Å². The smallest absolute Gasteiger partial charge is 0.255 e. The second-order valence-corrected chi connectivity index (χ2v) is 7.93. The van der Waals surface area contributed by atoms with Gasteiger partial charge in [-0.25, -0.2) is 9.07 Å². The lowest BCUT2D eigenvalue weighted by Gasteiger charge is -2.18.